The summed E-state index contributed by atoms with van der Waals surface area (Å²) in [6.07, 6.45) is 7.65. The molecule has 0 bridgehead atoms. The maximum absolute atomic E-state index is 12.6. The molecule has 0 unspecified atom stereocenters. The van der Waals surface area contributed by atoms with Gasteiger partial charge in [0.25, 0.3) is 0 Å². The summed E-state index contributed by atoms with van der Waals surface area (Å²) in [4.78, 5) is 25.2. The topological polar surface area (TPSA) is 52.6 Å². The van der Waals surface area contributed by atoms with E-state index in [-0.39, 0.29) is 17.8 Å². The minimum atomic E-state index is -1.26. The Labute approximate surface area is 132 Å². The Hall–Kier alpha value is -1.58. The lowest BCUT2D eigenvalue weighted by atomic mass is 9.66. The van der Waals surface area contributed by atoms with Crippen LogP contribution in [0.5, 0.6) is 0 Å². The predicted octanol–water partition coefficient (Wildman–Crippen LogP) is 3.28. The van der Waals surface area contributed by atoms with E-state index in [0.717, 1.165) is 31.3 Å². The fraction of sp³-hybridized carbons (Fsp3) is 0.667. The van der Waals surface area contributed by atoms with E-state index >= 15 is 0 Å². The number of ether oxygens (including phenoxy) is 2. The molecule has 0 aromatic rings. The summed E-state index contributed by atoms with van der Waals surface area (Å²) in [7, 11) is 2.66. The van der Waals surface area contributed by atoms with E-state index in [4.69, 9.17) is 9.47 Å². The number of hydrogen-bond acceptors (Lipinski definition) is 4. The molecule has 2 aliphatic carbocycles. The van der Waals surface area contributed by atoms with Gasteiger partial charge in [0.05, 0.1) is 14.2 Å². The predicted molar refractivity (Wildman–Crippen MR) is 84.0 cm³/mol. The molecule has 0 radical (unpaired) electrons. The largest absolute Gasteiger partial charge is 0.468 e. The Morgan fingerprint density at radius 1 is 1.14 bits per heavy atom. The molecule has 2 rings (SSSR count). The number of allylic oxidation sites excluding steroid dienone is 2. The van der Waals surface area contributed by atoms with E-state index in [1.165, 1.54) is 20.6 Å². The molecule has 0 saturated heterocycles. The first-order valence-electron chi connectivity index (χ1n) is 8.01. The van der Waals surface area contributed by atoms with Crippen LogP contribution in [0.25, 0.3) is 0 Å². The quantitative estimate of drug-likeness (QED) is 0.454. The SMILES string of the molecule is C=C[C@H]1CC(C(=O)OC)(C(=O)OC)[C@@H](C2CCCCC2)C1=C. The van der Waals surface area contributed by atoms with Crippen molar-refractivity contribution >= 4 is 11.9 Å². The zero-order valence-corrected chi connectivity index (χ0v) is 13.6. The monoisotopic (exact) mass is 306 g/mol. The van der Waals surface area contributed by atoms with Crippen molar-refractivity contribution in [2.24, 2.45) is 23.2 Å². The highest BCUT2D eigenvalue weighted by atomic mass is 16.5. The lowest BCUT2D eigenvalue weighted by molar-refractivity contribution is -0.173. The van der Waals surface area contributed by atoms with E-state index in [9.17, 15) is 9.59 Å². The summed E-state index contributed by atoms with van der Waals surface area (Å²) < 4.78 is 10.0. The molecule has 0 heterocycles. The van der Waals surface area contributed by atoms with Gasteiger partial charge >= 0.3 is 11.9 Å². The Kier molecular flexibility index (Phi) is 5.09. The van der Waals surface area contributed by atoms with Crippen LogP contribution in [-0.4, -0.2) is 26.2 Å². The minimum absolute atomic E-state index is 0.0508. The molecule has 2 aliphatic rings. The zero-order chi connectivity index (χ0) is 16.3. The first kappa shape index (κ1) is 16.8. The molecular weight excluding hydrogens is 280 g/mol. The highest BCUT2D eigenvalue weighted by Gasteiger charge is 2.62. The van der Waals surface area contributed by atoms with Crippen molar-refractivity contribution in [2.75, 3.05) is 14.2 Å². The van der Waals surface area contributed by atoms with Gasteiger partial charge in [-0.05, 0) is 31.1 Å². The number of hydrogen-bond donors (Lipinski definition) is 0. The summed E-state index contributed by atoms with van der Waals surface area (Å²) in [5.41, 5.74) is -0.334. The van der Waals surface area contributed by atoms with E-state index in [2.05, 4.69) is 13.2 Å². The van der Waals surface area contributed by atoms with Gasteiger partial charge in [-0.15, -0.1) is 6.58 Å². The van der Waals surface area contributed by atoms with Crippen LogP contribution >= 0.6 is 0 Å². The van der Waals surface area contributed by atoms with Gasteiger partial charge in [-0.1, -0.05) is 37.5 Å². The van der Waals surface area contributed by atoms with Gasteiger partial charge in [0.1, 0.15) is 0 Å². The van der Waals surface area contributed by atoms with Gasteiger partial charge in [0.15, 0.2) is 5.41 Å². The molecule has 0 spiro atoms. The summed E-state index contributed by atoms with van der Waals surface area (Å²) in [6.45, 7) is 8.05. The van der Waals surface area contributed by atoms with Crippen LogP contribution in [0.2, 0.25) is 0 Å². The number of rotatable bonds is 4. The highest BCUT2D eigenvalue weighted by Crippen LogP contribution is 2.56. The molecule has 4 nitrogen and oxygen atoms in total. The Morgan fingerprint density at radius 2 is 1.68 bits per heavy atom. The summed E-state index contributed by atoms with van der Waals surface area (Å²) in [5.74, 6) is -0.980. The van der Waals surface area contributed by atoms with Crippen LogP contribution in [0.3, 0.4) is 0 Å². The maximum Gasteiger partial charge on any atom is 0.323 e. The van der Waals surface area contributed by atoms with Gasteiger partial charge < -0.3 is 9.47 Å². The van der Waals surface area contributed by atoms with Crippen molar-refractivity contribution in [1.29, 1.82) is 0 Å². The molecule has 0 aromatic heterocycles. The first-order chi connectivity index (χ1) is 10.5. The van der Waals surface area contributed by atoms with Crippen molar-refractivity contribution in [2.45, 2.75) is 38.5 Å². The fourth-order valence-corrected chi connectivity index (χ4v) is 4.43. The second-order valence-corrected chi connectivity index (χ2v) is 6.45. The van der Waals surface area contributed by atoms with Crippen LogP contribution < -0.4 is 0 Å². The maximum atomic E-state index is 12.6. The zero-order valence-electron chi connectivity index (χ0n) is 13.6. The second-order valence-electron chi connectivity index (χ2n) is 6.45. The summed E-state index contributed by atoms with van der Waals surface area (Å²) in [6, 6.07) is 0. The Morgan fingerprint density at radius 3 is 2.14 bits per heavy atom. The van der Waals surface area contributed by atoms with Gasteiger partial charge in [0.2, 0.25) is 0 Å². The molecule has 2 atom stereocenters. The van der Waals surface area contributed by atoms with Crippen LogP contribution in [0.15, 0.2) is 24.8 Å². The van der Waals surface area contributed by atoms with Gasteiger partial charge in [-0.3, -0.25) is 9.59 Å². The normalized spacial score (nSPS) is 28.2. The smallest absolute Gasteiger partial charge is 0.323 e. The second kappa shape index (κ2) is 6.67. The van der Waals surface area contributed by atoms with Crippen LogP contribution in [0, 0.1) is 23.2 Å². The van der Waals surface area contributed by atoms with Crippen LogP contribution in [0.1, 0.15) is 38.5 Å². The average Bonchev–Trinajstić information content (AvgIpc) is 2.87. The molecule has 2 fully saturated rings. The molecule has 2 saturated carbocycles. The van der Waals surface area contributed by atoms with Crippen molar-refractivity contribution in [3.63, 3.8) is 0 Å². The summed E-state index contributed by atoms with van der Waals surface area (Å²) in [5, 5.41) is 0. The number of esters is 2. The Balaban J connectivity index is 2.50. The van der Waals surface area contributed by atoms with E-state index in [0.29, 0.717) is 6.42 Å². The van der Waals surface area contributed by atoms with E-state index in [1.807, 2.05) is 0 Å². The highest BCUT2D eigenvalue weighted by molar-refractivity contribution is 6.01. The molecule has 22 heavy (non-hydrogen) atoms. The van der Waals surface area contributed by atoms with Gasteiger partial charge in [0, 0.05) is 5.92 Å². The number of carbonyl (C=O) groups is 2. The molecule has 0 amide bonds. The lowest BCUT2D eigenvalue weighted by Crippen LogP contribution is -2.47. The molecular formula is C18H26O4. The molecule has 4 heteroatoms. The van der Waals surface area contributed by atoms with Gasteiger partial charge in [-0.25, -0.2) is 0 Å². The molecule has 0 aliphatic heterocycles. The van der Waals surface area contributed by atoms with E-state index < -0.39 is 17.4 Å². The number of carbonyl (C=O) groups excluding carboxylic acids is 2. The van der Waals surface area contributed by atoms with Crippen molar-refractivity contribution in [3.8, 4) is 0 Å². The van der Waals surface area contributed by atoms with Crippen LogP contribution in [0.4, 0.5) is 0 Å². The van der Waals surface area contributed by atoms with Crippen molar-refractivity contribution < 1.29 is 19.1 Å². The Bertz CT molecular complexity index is 457. The third-order valence-electron chi connectivity index (χ3n) is 5.45. The third-order valence-corrected chi connectivity index (χ3v) is 5.45. The first-order valence-corrected chi connectivity index (χ1v) is 8.01. The van der Waals surface area contributed by atoms with E-state index in [1.54, 1.807) is 6.08 Å². The summed E-state index contributed by atoms with van der Waals surface area (Å²) >= 11 is 0. The molecule has 0 N–H and O–H groups in total. The third kappa shape index (κ3) is 2.49. The fourth-order valence-electron chi connectivity index (χ4n) is 4.43. The van der Waals surface area contributed by atoms with Gasteiger partial charge in [-0.2, -0.15) is 0 Å². The molecule has 122 valence electrons. The van der Waals surface area contributed by atoms with Crippen molar-refractivity contribution in [3.05, 3.63) is 24.8 Å². The average molecular weight is 306 g/mol. The van der Waals surface area contributed by atoms with Crippen molar-refractivity contribution in [1.82, 2.24) is 0 Å². The standard InChI is InChI=1S/C18H26O4/c1-5-13-11-18(16(19)21-3,17(20)22-4)15(12(13)2)14-9-7-6-8-10-14/h5,13-15H,1-2,6-11H2,3-4H3/t13-,15+/m0/s1. The van der Waals surface area contributed by atoms with Crippen LogP contribution in [-0.2, 0) is 19.1 Å². The number of methoxy groups -OCH3 is 2. The minimum Gasteiger partial charge on any atom is -0.468 e. The lowest BCUT2D eigenvalue weighted by Gasteiger charge is -2.37. The molecule has 0 aromatic carbocycles.